The molecule has 150 valence electrons. The van der Waals surface area contributed by atoms with Crippen LogP contribution < -0.4 is 10.2 Å². The average molecular weight is 467 g/mol. The van der Waals surface area contributed by atoms with Gasteiger partial charge in [0.2, 0.25) is 0 Å². The Morgan fingerprint density at radius 1 is 1.00 bits per heavy atom. The molecule has 0 amide bonds. The van der Waals surface area contributed by atoms with Gasteiger partial charge < -0.3 is 4.74 Å². The van der Waals surface area contributed by atoms with E-state index in [-0.39, 0.29) is 12.4 Å². The van der Waals surface area contributed by atoms with Crippen LogP contribution in [0.25, 0.3) is 0 Å². The van der Waals surface area contributed by atoms with Gasteiger partial charge in [-0.1, -0.05) is 18.2 Å². The number of nitrogens with one attached hydrogen (secondary N) is 1. The summed E-state index contributed by atoms with van der Waals surface area (Å²) in [6.07, 6.45) is -2.85. The van der Waals surface area contributed by atoms with Crippen molar-refractivity contribution >= 4 is 27.8 Å². The molecule has 8 heteroatoms. The van der Waals surface area contributed by atoms with Crippen molar-refractivity contribution < 1.29 is 22.3 Å². The molecule has 0 radical (unpaired) electrons. The van der Waals surface area contributed by atoms with E-state index < -0.39 is 11.7 Å². The molecule has 0 aliphatic rings. The molecule has 3 aromatic carbocycles. The fourth-order valence-electron chi connectivity index (χ4n) is 2.40. The normalized spacial score (nSPS) is 11.6. The zero-order valence-corrected chi connectivity index (χ0v) is 16.5. The van der Waals surface area contributed by atoms with Crippen LogP contribution in [-0.4, -0.2) is 6.21 Å². The first-order valence-electron chi connectivity index (χ1n) is 8.45. The summed E-state index contributed by atoms with van der Waals surface area (Å²) >= 11 is 3.40. The first kappa shape index (κ1) is 20.9. The van der Waals surface area contributed by atoms with Crippen LogP contribution >= 0.6 is 15.9 Å². The molecular weight excluding hydrogens is 452 g/mol. The number of benzene rings is 3. The summed E-state index contributed by atoms with van der Waals surface area (Å²) in [6, 6.07) is 16.2. The molecule has 3 nitrogen and oxygen atoms in total. The van der Waals surface area contributed by atoms with Gasteiger partial charge in [-0.25, -0.2) is 4.39 Å². The lowest BCUT2D eigenvalue weighted by Crippen LogP contribution is -2.04. The molecule has 29 heavy (non-hydrogen) atoms. The minimum absolute atomic E-state index is 0.0915. The van der Waals surface area contributed by atoms with E-state index in [2.05, 4.69) is 26.5 Å². The van der Waals surface area contributed by atoms with Crippen LogP contribution in [0.2, 0.25) is 0 Å². The number of nitrogens with zero attached hydrogens (tertiary/aromatic N) is 1. The fraction of sp³-hybridized carbons (Fsp3) is 0.0952. The SMILES string of the molecule is Fc1ccccc1COc1ccc(/C=N/Nc2ccc(C(F)(F)F)cc2)cc1Br. The molecule has 0 atom stereocenters. The molecule has 1 N–H and O–H groups in total. The van der Waals surface area contributed by atoms with Gasteiger partial charge >= 0.3 is 6.18 Å². The Morgan fingerprint density at radius 2 is 1.72 bits per heavy atom. The Hall–Kier alpha value is -2.87. The van der Waals surface area contributed by atoms with Gasteiger partial charge in [0.15, 0.2) is 0 Å². The van der Waals surface area contributed by atoms with Crippen LogP contribution in [0.1, 0.15) is 16.7 Å². The summed E-state index contributed by atoms with van der Waals surface area (Å²) in [6.45, 7) is 0.0915. The van der Waals surface area contributed by atoms with Crippen molar-refractivity contribution in [2.75, 3.05) is 5.43 Å². The molecule has 3 aromatic rings. The van der Waals surface area contributed by atoms with E-state index in [1.165, 1.54) is 24.4 Å². The highest BCUT2D eigenvalue weighted by atomic mass is 79.9. The van der Waals surface area contributed by atoms with Gasteiger partial charge in [-0.3, -0.25) is 5.43 Å². The summed E-state index contributed by atoms with van der Waals surface area (Å²) < 4.78 is 57.6. The van der Waals surface area contributed by atoms with E-state index in [9.17, 15) is 17.6 Å². The monoisotopic (exact) mass is 466 g/mol. The van der Waals surface area contributed by atoms with E-state index >= 15 is 0 Å². The number of alkyl halides is 3. The van der Waals surface area contributed by atoms with Crippen molar-refractivity contribution in [1.29, 1.82) is 0 Å². The third kappa shape index (κ3) is 5.80. The molecule has 0 aliphatic heterocycles. The molecule has 0 heterocycles. The first-order chi connectivity index (χ1) is 13.8. The molecule has 0 fully saturated rings. The Balaban J connectivity index is 1.59. The Labute approximate surface area is 173 Å². The highest BCUT2D eigenvalue weighted by molar-refractivity contribution is 9.10. The topological polar surface area (TPSA) is 33.6 Å². The number of halogens is 5. The van der Waals surface area contributed by atoms with E-state index in [0.29, 0.717) is 21.5 Å². The Morgan fingerprint density at radius 3 is 2.38 bits per heavy atom. The zero-order valence-electron chi connectivity index (χ0n) is 14.9. The molecule has 0 saturated carbocycles. The van der Waals surface area contributed by atoms with E-state index in [0.717, 1.165) is 17.7 Å². The van der Waals surface area contributed by atoms with E-state index in [1.54, 1.807) is 36.4 Å². The fourth-order valence-corrected chi connectivity index (χ4v) is 2.91. The van der Waals surface area contributed by atoms with Crippen molar-refractivity contribution in [2.45, 2.75) is 12.8 Å². The summed E-state index contributed by atoms with van der Waals surface area (Å²) in [7, 11) is 0. The number of rotatable bonds is 6. The second-order valence-corrected chi connectivity index (χ2v) is 6.87. The third-order valence-corrected chi connectivity index (χ3v) is 4.54. The van der Waals surface area contributed by atoms with E-state index in [4.69, 9.17) is 4.74 Å². The minimum atomic E-state index is -4.37. The lowest BCUT2D eigenvalue weighted by molar-refractivity contribution is -0.137. The standard InChI is InChI=1S/C21H15BrF4N2O/c22-18-11-14(5-10-20(18)29-13-15-3-1-2-4-19(15)23)12-27-28-17-8-6-16(7-9-17)21(24,25)26/h1-12,28H,13H2/b27-12+. The maximum atomic E-state index is 13.6. The second-order valence-electron chi connectivity index (χ2n) is 6.02. The largest absolute Gasteiger partial charge is 0.488 e. The summed E-state index contributed by atoms with van der Waals surface area (Å²) in [5, 5.41) is 4.01. The van der Waals surface area contributed by atoms with Crippen LogP contribution in [0, 0.1) is 5.82 Å². The van der Waals surface area contributed by atoms with Crippen LogP contribution in [0.15, 0.2) is 76.3 Å². The summed E-state index contributed by atoms with van der Waals surface area (Å²) in [5.74, 6) is 0.211. The molecule has 3 rings (SSSR count). The van der Waals surface area contributed by atoms with Crippen LogP contribution in [-0.2, 0) is 12.8 Å². The van der Waals surface area contributed by atoms with Crippen molar-refractivity contribution in [3.8, 4) is 5.75 Å². The summed E-state index contributed by atoms with van der Waals surface area (Å²) in [4.78, 5) is 0. The molecule has 0 saturated heterocycles. The maximum absolute atomic E-state index is 13.6. The molecule has 0 unspecified atom stereocenters. The predicted molar refractivity (Wildman–Crippen MR) is 108 cm³/mol. The predicted octanol–water partition coefficient (Wildman–Crippen LogP) is 6.63. The lowest BCUT2D eigenvalue weighted by atomic mass is 10.2. The van der Waals surface area contributed by atoms with Gasteiger partial charge in [0.25, 0.3) is 0 Å². The van der Waals surface area contributed by atoms with Crippen molar-refractivity contribution in [2.24, 2.45) is 5.10 Å². The van der Waals surface area contributed by atoms with Gasteiger partial charge in [-0.15, -0.1) is 0 Å². The molecule has 0 aromatic heterocycles. The zero-order chi connectivity index (χ0) is 20.9. The number of hydrazone groups is 1. The van der Waals surface area contributed by atoms with Crippen molar-refractivity contribution in [1.82, 2.24) is 0 Å². The molecule has 0 aliphatic carbocycles. The molecule has 0 bridgehead atoms. The number of anilines is 1. The summed E-state index contributed by atoms with van der Waals surface area (Å²) in [5.41, 5.74) is 3.56. The minimum Gasteiger partial charge on any atom is -0.488 e. The highest BCUT2D eigenvalue weighted by Gasteiger charge is 2.29. The number of ether oxygens (including phenoxy) is 1. The quantitative estimate of drug-likeness (QED) is 0.251. The van der Waals surface area contributed by atoms with Gasteiger partial charge in [-0.2, -0.15) is 18.3 Å². The van der Waals surface area contributed by atoms with Gasteiger partial charge in [0, 0.05) is 5.56 Å². The average Bonchev–Trinajstić information content (AvgIpc) is 2.68. The van der Waals surface area contributed by atoms with E-state index in [1.807, 2.05) is 0 Å². The molecule has 0 spiro atoms. The van der Waals surface area contributed by atoms with Gasteiger partial charge in [0.05, 0.1) is 21.9 Å². The second kappa shape index (κ2) is 9.09. The highest BCUT2D eigenvalue weighted by Crippen LogP contribution is 2.30. The Bertz CT molecular complexity index is 1000. The number of hydrogen-bond donors (Lipinski definition) is 1. The number of hydrogen-bond acceptors (Lipinski definition) is 3. The lowest BCUT2D eigenvalue weighted by Gasteiger charge is -2.09. The van der Waals surface area contributed by atoms with Crippen molar-refractivity contribution in [3.05, 3.63) is 93.7 Å². The van der Waals surface area contributed by atoms with Gasteiger partial charge in [0.1, 0.15) is 18.2 Å². The van der Waals surface area contributed by atoms with Crippen LogP contribution in [0.5, 0.6) is 5.75 Å². The smallest absolute Gasteiger partial charge is 0.416 e. The maximum Gasteiger partial charge on any atom is 0.416 e. The van der Waals surface area contributed by atoms with Crippen molar-refractivity contribution in [3.63, 3.8) is 0 Å². The first-order valence-corrected chi connectivity index (χ1v) is 9.24. The third-order valence-electron chi connectivity index (χ3n) is 3.92. The molecular formula is C21H15BrF4N2O. The van der Waals surface area contributed by atoms with Gasteiger partial charge in [-0.05, 0) is 70.0 Å². The van der Waals surface area contributed by atoms with Crippen LogP contribution in [0.3, 0.4) is 0 Å². The van der Waals surface area contributed by atoms with Crippen LogP contribution in [0.4, 0.5) is 23.2 Å². The Kier molecular flexibility index (Phi) is 6.53.